The third-order valence-electron chi connectivity index (χ3n) is 5.56. The van der Waals surface area contributed by atoms with E-state index in [1.54, 1.807) is 24.3 Å². The average molecular weight is 441 g/mol. The number of benzene rings is 2. The molecular formula is C23H21F2N3O4. The summed E-state index contributed by atoms with van der Waals surface area (Å²) in [4.78, 5) is 26.5. The van der Waals surface area contributed by atoms with Crippen molar-refractivity contribution < 1.29 is 23.4 Å². The average Bonchev–Trinajstić information content (AvgIpc) is 2.77. The Labute approximate surface area is 182 Å². The molecule has 1 aromatic heterocycles. The quantitative estimate of drug-likeness (QED) is 0.636. The van der Waals surface area contributed by atoms with Crippen LogP contribution in [-0.2, 0) is 4.74 Å². The number of carbonyl (C=O) groups excluding carboxylic acids is 1. The van der Waals surface area contributed by atoms with Gasteiger partial charge in [-0.05, 0) is 35.4 Å². The molecule has 166 valence electrons. The summed E-state index contributed by atoms with van der Waals surface area (Å²) in [6.07, 6.45) is 0.929. The molecule has 0 spiro atoms. The zero-order chi connectivity index (χ0) is 22.8. The highest BCUT2D eigenvalue weighted by atomic mass is 19.1. The maximum atomic E-state index is 14.1. The van der Waals surface area contributed by atoms with Gasteiger partial charge in [0.25, 0.3) is 5.91 Å². The van der Waals surface area contributed by atoms with Crippen LogP contribution in [0.1, 0.15) is 33.6 Å². The molecule has 0 radical (unpaired) electrons. The summed E-state index contributed by atoms with van der Waals surface area (Å²) in [5.74, 6) is -2.86. The van der Waals surface area contributed by atoms with Gasteiger partial charge in [-0.3, -0.25) is 14.3 Å². The first kappa shape index (κ1) is 21.6. The number of hydrogen-bond donors (Lipinski definition) is 1. The van der Waals surface area contributed by atoms with E-state index in [0.29, 0.717) is 11.1 Å². The van der Waals surface area contributed by atoms with Crippen molar-refractivity contribution in [2.45, 2.75) is 12.0 Å². The molecule has 1 unspecified atom stereocenters. The van der Waals surface area contributed by atoms with Gasteiger partial charge in [0.2, 0.25) is 5.43 Å². The number of aromatic hydroxyl groups is 1. The molecule has 0 saturated heterocycles. The molecule has 0 fully saturated rings. The SMILES string of the molecule is COCCN1CC(C(c2cccc(F)c2)c2cccc(F)c2)n2ncc(=O)c(O)c2C1=O. The molecule has 7 nitrogen and oxygen atoms in total. The highest BCUT2D eigenvalue weighted by Gasteiger charge is 2.39. The lowest BCUT2D eigenvalue weighted by atomic mass is 9.83. The molecule has 1 amide bonds. The molecule has 9 heteroatoms. The van der Waals surface area contributed by atoms with E-state index in [1.807, 2.05) is 0 Å². The fraction of sp³-hybridized carbons (Fsp3) is 0.261. The molecule has 1 aliphatic rings. The van der Waals surface area contributed by atoms with Crippen molar-refractivity contribution in [1.29, 1.82) is 0 Å². The molecule has 2 heterocycles. The number of methoxy groups -OCH3 is 1. The van der Waals surface area contributed by atoms with Crippen LogP contribution in [0.5, 0.6) is 5.75 Å². The van der Waals surface area contributed by atoms with E-state index < -0.39 is 40.7 Å². The lowest BCUT2D eigenvalue weighted by Crippen LogP contribution is -2.48. The second-order valence-corrected chi connectivity index (χ2v) is 7.55. The summed E-state index contributed by atoms with van der Waals surface area (Å²) in [6, 6.07) is 11.1. The smallest absolute Gasteiger partial charge is 0.276 e. The van der Waals surface area contributed by atoms with E-state index in [0.717, 1.165) is 6.20 Å². The van der Waals surface area contributed by atoms with Crippen molar-refractivity contribution in [1.82, 2.24) is 14.7 Å². The third-order valence-corrected chi connectivity index (χ3v) is 5.56. The largest absolute Gasteiger partial charge is 0.502 e. The minimum Gasteiger partial charge on any atom is -0.502 e. The first-order chi connectivity index (χ1) is 15.4. The van der Waals surface area contributed by atoms with Gasteiger partial charge in [-0.2, -0.15) is 5.10 Å². The van der Waals surface area contributed by atoms with Crippen molar-refractivity contribution in [2.75, 3.05) is 26.8 Å². The lowest BCUT2D eigenvalue weighted by Gasteiger charge is -2.39. The number of halogens is 2. The maximum absolute atomic E-state index is 14.1. The Morgan fingerprint density at radius 3 is 2.31 bits per heavy atom. The highest BCUT2D eigenvalue weighted by molar-refractivity contribution is 5.95. The van der Waals surface area contributed by atoms with E-state index in [1.165, 1.54) is 41.0 Å². The van der Waals surface area contributed by atoms with E-state index in [-0.39, 0.29) is 25.4 Å². The number of fused-ring (bicyclic) bond motifs is 1. The number of amides is 1. The Bertz CT molecular complexity index is 1170. The van der Waals surface area contributed by atoms with Crippen LogP contribution in [0.2, 0.25) is 0 Å². The molecule has 4 rings (SSSR count). The number of hydrogen-bond acceptors (Lipinski definition) is 5. The first-order valence-corrected chi connectivity index (χ1v) is 10.0. The van der Waals surface area contributed by atoms with Gasteiger partial charge in [0, 0.05) is 26.1 Å². The van der Waals surface area contributed by atoms with Crippen LogP contribution in [-0.4, -0.2) is 52.5 Å². The number of ether oxygens (including phenoxy) is 1. The van der Waals surface area contributed by atoms with E-state index in [9.17, 15) is 23.5 Å². The molecule has 0 bridgehead atoms. The topological polar surface area (TPSA) is 84.7 Å². The predicted molar refractivity (Wildman–Crippen MR) is 112 cm³/mol. The normalized spacial score (nSPS) is 15.8. The Morgan fingerprint density at radius 2 is 1.75 bits per heavy atom. The van der Waals surface area contributed by atoms with Crippen molar-refractivity contribution in [3.63, 3.8) is 0 Å². The van der Waals surface area contributed by atoms with E-state index in [4.69, 9.17) is 4.74 Å². The van der Waals surface area contributed by atoms with Gasteiger partial charge in [0.05, 0.1) is 18.8 Å². The van der Waals surface area contributed by atoms with Crippen LogP contribution in [0.3, 0.4) is 0 Å². The highest BCUT2D eigenvalue weighted by Crippen LogP contribution is 2.39. The number of rotatable bonds is 6. The van der Waals surface area contributed by atoms with Crippen LogP contribution in [0.15, 0.2) is 59.5 Å². The van der Waals surface area contributed by atoms with Crippen molar-refractivity contribution in [2.24, 2.45) is 0 Å². The van der Waals surface area contributed by atoms with Crippen LogP contribution in [0, 0.1) is 11.6 Å². The van der Waals surface area contributed by atoms with Gasteiger partial charge in [-0.1, -0.05) is 24.3 Å². The molecule has 2 aromatic carbocycles. The van der Waals surface area contributed by atoms with Gasteiger partial charge >= 0.3 is 0 Å². The van der Waals surface area contributed by atoms with E-state index >= 15 is 0 Å². The molecule has 0 aliphatic carbocycles. The van der Waals surface area contributed by atoms with Crippen molar-refractivity contribution >= 4 is 5.91 Å². The standard InChI is InChI=1S/C23H21F2N3O4/c1-32-9-8-27-13-18(28-21(23(27)31)22(30)19(29)12-26-28)20(14-4-2-6-16(24)10-14)15-5-3-7-17(25)11-15/h2-7,10-12,18,20,30H,8-9,13H2,1H3. The molecular weight excluding hydrogens is 420 g/mol. The second-order valence-electron chi connectivity index (χ2n) is 7.55. The minimum absolute atomic E-state index is 0.127. The number of aromatic nitrogens is 2. The molecule has 3 aromatic rings. The van der Waals surface area contributed by atoms with Gasteiger partial charge in [-0.25, -0.2) is 8.78 Å². The van der Waals surface area contributed by atoms with Crippen LogP contribution < -0.4 is 5.43 Å². The predicted octanol–water partition coefficient (Wildman–Crippen LogP) is 2.70. The molecule has 1 atom stereocenters. The first-order valence-electron chi connectivity index (χ1n) is 10.0. The number of carbonyl (C=O) groups is 1. The molecule has 1 aliphatic heterocycles. The van der Waals surface area contributed by atoms with E-state index in [2.05, 4.69) is 5.10 Å². The van der Waals surface area contributed by atoms with Gasteiger partial charge in [-0.15, -0.1) is 0 Å². The molecule has 1 N–H and O–H groups in total. The van der Waals surface area contributed by atoms with Gasteiger partial charge < -0.3 is 14.7 Å². The molecule has 32 heavy (non-hydrogen) atoms. The van der Waals surface area contributed by atoms with Crippen LogP contribution >= 0.6 is 0 Å². The Kier molecular flexibility index (Phi) is 6.00. The monoisotopic (exact) mass is 441 g/mol. The zero-order valence-corrected chi connectivity index (χ0v) is 17.2. The minimum atomic E-state index is -0.787. The summed E-state index contributed by atoms with van der Waals surface area (Å²) in [7, 11) is 1.49. The zero-order valence-electron chi connectivity index (χ0n) is 17.2. The second kappa shape index (κ2) is 8.88. The summed E-state index contributed by atoms with van der Waals surface area (Å²) in [5, 5.41) is 14.5. The summed E-state index contributed by atoms with van der Waals surface area (Å²) in [6.45, 7) is 0.559. The fourth-order valence-corrected chi connectivity index (χ4v) is 4.12. The lowest BCUT2D eigenvalue weighted by molar-refractivity contribution is 0.0565. The Morgan fingerprint density at radius 1 is 1.12 bits per heavy atom. The van der Waals surface area contributed by atoms with Crippen LogP contribution in [0.4, 0.5) is 8.78 Å². The fourth-order valence-electron chi connectivity index (χ4n) is 4.12. The summed E-state index contributed by atoms with van der Waals surface area (Å²) < 4.78 is 34.7. The Hall–Kier alpha value is -3.59. The number of nitrogens with zero attached hydrogens (tertiary/aromatic N) is 3. The van der Waals surface area contributed by atoms with Gasteiger partial charge in [0.15, 0.2) is 11.4 Å². The summed E-state index contributed by atoms with van der Waals surface area (Å²) in [5.41, 5.74) is 0.0211. The van der Waals surface area contributed by atoms with Crippen molar-refractivity contribution in [3.05, 3.63) is 93.4 Å². The maximum Gasteiger partial charge on any atom is 0.276 e. The van der Waals surface area contributed by atoms with Crippen LogP contribution in [0.25, 0.3) is 0 Å². The molecule has 0 saturated carbocycles. The van der Waals surface area contributed by atoms with Gasteiger partial charge in [0.1, 0.15) is 11.6 Å². The Balaban J connectivity index is 1.93. The summed E-state index contributed by atoms with van der Waals surface area (Å²) >= 11 is 0. The van der Waals surface area contributed by atoms with Crippen molar-refractivity contribution in [3.8, 4) is 5.75 Å². The third kappa shape index (κ3) is 3.99.